The molecule has 0 fully saturated rings. The van der Waals surface area contributed by atoms with Gasteiger partial charge in [0.05, 0.1) is 0 Å². The minimum absolute atomic E-state index is 0.215. The molecule has 48 valence electrons. The summed E-state index contributed by atoms with van der Waals surface area (Å²) in [6, 6.07) is 0. The minimum Gasteiger partial charge on any atom is -0.295 e. The van der Waals surface area contributed by atoms with E-state index in [-0.39, 0.29) is 5.69 Å². The van der Waals surface area contributed by atoms with Gasteiger partial charge in [-0.3, -0.25) is 4.98 Å². The van der Waals surface area contributed by atoms with Crippen LogP contribution in [-0.4, -0.2) is 14.8 Å². The fraction of sp³-hybridized carbons (Fsp3) is 0.200. The highest BCUT2D eigenvalue weighted by Gasteiger charge is 1.86. The van der Waals surface area contributed by atoms with Crippen LogP contribution in [-0.2, 0) is 0 Å². The van der Waals surface area contributed by atoms with E-state index < -0.39 is 0 Å². The number of allylic oxidation sites excluding steroid dienone is 1. The van der Waals surface area contributed by atoms with Crippen LogP contribution in [0.1, 0.15) is 6.92 Å². The molecule has 4 heteroatoms. The number of aromatic amines is 1. The number of nitrogens with one attached hydrogen (secondary N) is 1. The van der Waals surface area contributed by atoms with Gasteiger partial charge in [-0.2, -0.15) is 9.78 Å². The number of rotatable bonds is 1. The summed E-state index contributed by atoms with van der Waals surface area (Å²) in [5, 5.41) is 3.67. The van der Waals surface area contributed by atoms with Gasteiger partial charge in [0.15, 0.2) is 0 Å². The van der Waals surface area contributed by atoms with Crippen LogP contribution in [0.25, 0.3) is 6.20 Å². The largest absolute Gasteiger partial charge is 0.347 e. The first-order valence-electron chi connectivity index (χ1n) is 2.59. The zero-order chi connectivity index (χ0) is 6.69. The van der Waals surface area contributed by atoms with Crippen LogP contribution in [0.4, 0.5) is 0 Å². The summed E-state index contributed by atoms with van der Waals surface area (Å²) in [7, 11) is 0. The number of aromatic nitrogens is 3. The Hall–Kier alpha value is -1.32. The van der Waals surface area contributed by atoms with E-state index in [1.165, 1.54) is 11.0 Å². The third-order valence-corrected chi connectivity index (χ3v) is 0.869. The topological polar surface area (TPSA) is 50.7 Å². The molecule has 1 aromatic heterocycles. The molecule has 9 heavy (non-hydrogen) atoms. The second-order valence-electron chi connectivity index (χ2n) is 1.52. The van der Waals surface area contributed by atoms with E-state index >= 15 is 0 Å². The van der Waals surface area contributed by atoms with Crippen molar-refractivity contribution in [3.63, 3.8) is 0 Å². The van der Waals surface area contributed by atoms with Gasteiger partial charge < -0.3 is 0 Å². The highest BCUT2D eigenvalue weighted by atomic mass is 16.1. The molecule has 4 nitrogen and oxygen atoms in total. The molecule has 0 bridgehead atoms. The van der Waals surface area contributed by atoms with Crippen LogP contribution in [0, 0.1) is 0 Å². The van der Waals surface area contributed by atoms with Crippen molar-refractivity contribution in [1.29, 1.82) is 0 Å². The smallest absolute Gasteiger partial charge is 0.295 e. The highest BCUT2D eigenvalue weighted by molar-refractivity contribution is 5.16. The average molecular weight is 125 g/mol. The first kappa shape index (κ1) is 5.81. The lowest BCUT2D eigenvalue weighted by Crippen LogP contribution is -2.11. The van der Waals surface area contributed by atoms with Crippen molar-refractivity contribution in [1.82, 2.24) is 14.8 Å². The summed E-state index contributed by atoms with van der Waals surface area (Å²) < 4.78 is 1.22. The summed E-state index contributed by atoms with van der Waals surface area (Å²) in [6.07, 6.45) is 4.67. The summed E-state index contributed by atoms with van der Waals surface area (Å²) in [5.41, 5.74) is -0.215. The van der Waals surface area contributed by atoms with E-state index in [1.54, 1.807) is 12.3 Å². The lowest BCUT2D eigenvalue weighted by Gasteiger charge is -1.80. The second kappa shape index (κ2) is 2.30. The van der Waals surface area contributed by atoms with E-state index in [9.17, 15) is 4.79 Å². The molecule has 1 heterocycles. The average Bonchev–Trinajstić information content (AvgIpc) is 2.18. The Bertz CT molecular complexity index is 257. The normalized spacial score (nSPS) is 10.8. The maximum absolute atomic E-state index is 10.6. The van der Waals surface area contributed by atoms with Gasteiger partial charge >= 0.3 is 5.69 Å². The zero-order valence-corrected chi connectivity index (χ0v) is 5.03. The molecule has 0 saturated heterocycles. The Balaban J connectivity index is 3.08. The van der Waals surface area contributed by atoms with Crippen LogP contribution in [0.5, 0.6) is 0 Å². The maximum Gasteiger partial charge on any atom is 0.347 e. The number of hydrogen-bond donors (Lipinski definition) is 1. The molecule has 0 amide bonds. The Kier molecular flexibility index (Phi) is 1.48. The molecule has 0 aliphatic rings. The first-order valence-corrected chi connectivity index (χ1v) is 2.59. The molecule has 0 unspecified atom stereocenters. The molecular formula is C5H7N3O. The molecule has 1 aromatic rings. The molecular weight excluding hydrogens is 118 g/mol. The van der Waals surface area contributed by atoms with Crippen molar-refractivity contribution in [3.8, 4) is 0 Å². The van der Waals surface area contributed by atoms with Crippen molar-refractivity contribution < 1.29 is 0 Å². The van der Waals surface area contributed by atoms with E-state index in [0.29, 0.717) is 0 Å². The molecule has 0 aromatic carbocycles. The Morgan fingerprint density at radius 1 is 1.89 bits per heavy atom. The van der Waals surface area contributed by atoms with E-state index in [4.69, 9.17) is 0 Å². The highest BCUT2D eigenvalue weighted by Crippen LogP contribution is 1.72. The third kappa shape index (κ3) is 1.07. The van der Waals surface area contributed by atoms with Crippen molar-refractivity contribution in [2.45, 2.75) is 6.92 Å². The van der Waals surface area contributed by atoms with Crippen LogP contribution in [0.2, 0.25) is 0 Å². The van der Waals surface area contributed by atoms with Crippen molar-refractivity contribution in [2.24, 2.45) is 0 Å². The van der Waals surface area contributed by atoms with Gasteiger partial charge in [-0.05, 0) is 6.92 Å². The fourth-order valence-electron chi connectivity index (χ4n) is 0.512. The number of hydrogen-bond acceptors (Lipinski definition) is 2. The van der Waals surface area contributed by atoms with Crippen LogP contribution in [0.3, 0.4) is 0 Å². The molecule has 0 saturated carbocycles. The Morgan fingerprint density at radius 3 is 3.11 bits per heavy atom. The number of nitrogens with zero attached hydrogens (tertiary/aromatic N) is 2. The van der Waals surface area contributed by atoms with Gasteiger partial charge in [-0.1, -0.05) is 6.08 Å². The van der Waals surface area contributed by atoms with Crippen molar-refractivity contribution in [2.75, 3.05) is 0 Å². The molecule has 0 atom stereocenters. The van der Waals surface area contributed by atoms with Crippen molar-refractivity contribution in [3.05, 3.63) is 22.9 Å². The second-order valence-corrected chi connectivity index (χ2v) is 1.52. The first-order chi connectivity index (χ1) is 4.34. The lowest BCUT2D eigenvalue weighted by atomic mass is 10.7. The summed E-state index contributed by atoms with van der Waals surface area (Å²) >= 11 is 0. The minimum atomic E-state index is -0.215. The Labute approximate surface area is 51.8 Å². The summed E-state index contributed by atoms with van der Waals surface area (Å²) in [5.74, 6) is 0. The standard InChI is InChI=1S/C5H7N3O/c1-2-3-8-5(9)6-4-7-8/h2-4H,1H3,(H,6,7,9). The van der Waals surface area contributed by atoms with Crippen LogP contribution < -0.4 is 5.69 Å². The van der Waals surface area contributed by atoms with Gasteiger partial charge in [0.2, 0.25) is 0 Å². The Morgan fingerprint density at radius 2 is 2.67 bits per heavy atom. The predicted octanol–water partition coefficient (Wildman–Crippen LogP) is 0.0620. The molecule has 0 aliphatic heterocycles. The maximum atomic E-state index is 10.6. The lowest BCUT2D eigenvalue weighted by molar-refractivity contribution is 0.893. The van der Waals surface area contributed by atoms with E-state index in [2.05, 4.69) is 10.1 Å². The molecule has 0 radical (unpaired) electrons. The summed E-state index contributed by atoms with van der Waals surface area (Å²) in [6.45, 7) is 1.82. The van der Waals surface area contributed by atoms with Crippen LogP contribution >= 0.6 is 0 Å². The third-order valence-electron chi connectivity index (χ3n) is 0.869. The van der Waals surface area contributed by atoms with E-state index in [0.717, 1.165) is 0 Å². The van der Waals surface area contributed by atoms with Gasteiger partial charge in [0, 0.05) is 6.20 Å². The quantitative estimate of drug-likeness (QED) is 0.577. The van der Waals surface area contributed by atoms with Crippen LogP contribution in [0.15, 0.2) is 17.2 Å². The number of H-pyrrole nitrogens is 1. The van der Waals surface area contributed by atoms with Gasteiger partial charge in [-0.15, -0.1) is 0 Å². The van der Waals surface area contributed by atoms with Gasteiger partial charge in [0.25, 0.3) is 0 Å². The van der Waals surface area contributed by atoms with Gasteiger partial charge in [0.1, 0.15) is 6.33 Å². The molecule has 0 spiro atoms. The molecule has 1 N–H and O–H groups in total. The van der Waals surface area contributed by atoms with E-state index in [1.807, 2.05) is 6.92 Å². The SMILES string of the molecule is CC=Cn1nc[nH]c1=O. The predicted molar refractivity (Wildman–Crippen MR) is 33.9 cm³/mol. The zero-order valence-electron chi connectivity index (χ0n) is 5.03. The van der Waals surface area contributed by atoms with Gasteiger partial charge in [-0.25, -0.2) is 4.79 Å². The van der Waals surface area contributed by atoms with Crippen molar-refractivity contribution >= 4 is 6.20 Å². The monoisotopic (exact) mass is 125 g/mol. The molecule has 0 aliphatic carbocycles. The molecule has 1 rings (SSSR count). The fourth-order valence-corrected chi connectivity index (χ4v) is 0.512. The summed E-state index contributed by atoms with van der Waals surface area (Å²) in [4.78, 5) is 13.0.